The lowest BCUT2D eigenvalue weighted by atomic mass is 9.80. The third kappa shape index (κ3) is 3.21. The predicted octanol–water partition coefficient (Wildman–Crippen LogP) is 4.29. The number of nitrogens with zero attached hydrogens (tertiary/aromatic N) is 1. The van der Waals surface area contributed by atoms with Crippen molar-refractivity contribution in [2.45, 2.75) is 25.8 Å². The van der Waals surface area contributed by atoms with E-state index in [1.54, 1.807) is 0 Å². The molecule has 0 spiro atoms. The smallest absolute Gasteiger partial charge is 0.135 e. The standard InChI is InChI=1S/C14H17BrN2S/c1-13(2)7-14(8-16,10-18-9-13)17-12-5-3-11(15)4-6-12/h3-6,17H,7,9-10H2,1-2H3. The van der Waals surface area contributed by atoms with Crippen LogP contribution in [0.5, 0.6) is 0 Å². The molecule has 0 saturated carbocycles. The Morgan fingerprint density at radius 1 is 1.28 bits per heavy atom. The molecule has 1 aliphatic heterocycles. The van der Waals surface area contributed by atoms with Gasteiger partial charge in [-0.3, -0.25) is 0 Å². The number of anilines is 1. The highest BCUT2D eigenvalue weighted by atomic mass is 79.9. The molecule has 4 heteroatoms. The van der Waals surface area contributed by atoms with Gasteiger partial charge in [-0.25, -0.2) is 0 Å². The molecule has 18 heavy (non-hydrogen) atoms. The fourth-order valence-electron chi connectivity index (χ4n) is 2.41. The minimum absolute atomic E-state index is 0.209. The summed E-state index contributed by atoms with van der Waals surface area (Å²) < 4.78 is 1.05. The summed E-state index contributed by atoms with van der Waals surface area (Å²) in [5.41, 5.74) is 0.777. The number of rotatable bonds is 2. The number of nitrogens with one attached hydrogen (secondary N) is 1. The van der Waals surface area contributed by atoms with Gasteiger partial charge in [-0.1, -0.05) is 29.8 Å². The Morgan fingerprint density at radius 2 is 1.94 bits per heavy atom. The van der Waals surface area contributed by atoms with Gasteiger partial charge in [-0.2, -0.15) is 17.0 Å². The first-order valence-electron chi connectivity index (χ1n) is 5.98. The van der Waals surface area contributed by atoms with Gasteiger partial charge in [0.1, 0.15) is 5.54 Å². The van der Waals surface area contributed by atoms with Crippen LogP contribution >= 0.6 is 27.7 Å². The summed E-state index contributed by atoms with van der Waals surface area (Å²) in [6, 6.07) is 10.5. The predicted molar refractivity (Wildman–Crippen MR) is 81.8 cm³/mol. The van der Waals surface area contributed by atoms with Gasteiger partial charge in [0.15, 0.2) is 0 Å². The highest BCUT2D eigenvalue weighted by Crippen LogP contribution is 2.40. The van der Waals surface area contributed by atoms with Crippen molar-refractivity contribution in [1.82, 2.24) is 0 Å². The van der Waals surface area contributed by atoms with Crippen LogP contribution < -0.4 is 5.32 Å². The zero-order chi connectivity index (χ0) is 13.2. The molecule has 1 fully saturated rings. The second-order valence-electron chi connectivity index (χ2n) is 5.66. The fraction of sp³-hybridized carbons (Fsp3) is 0.500. The largest absolute Gasteiger partial charge is 0.367 e. The van der Waals surface area contributed by atoms with E-state index in [2.05, 4.69) is 41.2 Å². The molecular formula is C14H17BrN2S. The van der Waals surface area contributed by atoms with Crippen LogP contribution in [0, 0.1) is 16.7 Å². The highest BCUT2D eigenvalue weighted by Gasteiger charge is 2.40. The van der Waals surface area contributed by atoms with Gasteiger partial charge < -0.3 is 5.32 Å². The number of benzene rings is 1. The maximum atomic E-state index is 9.55. The van der Waals surface area contributed by atoms with Gasteiger partial charge in [-0.15, -0.1) is 0 Å². The number of nitriles is 1. The number of thioether (sulfide) groups is 1. The Labute approximate surface area is 121 Å². The number of halogens is 1. The van der Waals surface area contributed by atoms with Crippen molar-refractivity contribution in [1.29, 1.82) is 5.26 Å². The second-order valence-corrected chi connectivity index (χ2v) is 7.56. The molecule has 1 unspecified atom stereocenters. The molecule has 0 aliphatic carbocycles. The van der Waals surface area contributed by atoms with Crippen LogP contribution in [0.15, 0.2) is 28.7 Å². The summed E-state index contributed by atoms with van der Waals surface area (Å²) in [7, 11) is 0. The molecule has 0 radical (unpaired) electrons. The fourth-order valence-corrected chi connectivity index (χ4v) is 4.02. The van der Waals surface area contributed by atoms with E-state index in [9.17, 15) is 5.26 Å². The molecule has 0 aromatic heterocycles. The summed E-state index contributed by atoms with van der Waals surface area (Å²) in [5, 5.41) is 13.0. The monoisotopic (exact) mass is 324 g/mol. The molecule has 1 aliphatic rings. The van der Waals surface area contributed by atoms with Crippen LogP contribution in [0.4, 0.5) is 5.69 Å². The average molecular weight is 325 g/mol. The first kappa shape index (κ1) is 13.8. The van der Waals surface area contributed by atoms with E-state index in [1.807, 2.05) is 36.0 Å². The van der Waals surface area contributed by atoms with Gasteiger partial charge >= 0.3 is 0 Å². The molecule has 1 aromatic carbocycles. The Bertz CT molecular complexity index is 464. The van der Waals surface area contributed by atoms with Crippen LogP contribution in [0.1, 0.15) is 20.3 Å². The van der Waals surface area contributed by atoms with E-state index >= 15 is 0 Å². The van der Waals surface area contributed by atoms with Gasteiger partial charge in [0.05, 0.1) is 6.07 Å². The highest BCUT2D eigenvalue weighted by molar-refractivity contribution is 9.10. The summed E-state index contributed by atoms with van der Waals surface area (Å²) >= 11 is 5.28. The Hall–Kier alpha value is -0.660. The summed E-state index contributed by atoms with van der Waals surface area (Å²) in [6.45, 7) is 4.46. The third-order valence-corrected chi connectivity index (χ3v) is 5.27. The Balaban J connectivity index is 2.18. The molecule has 1 atom stereocenters. The molecule has 2 nitrogen and oxygen atoms in total. The maximum absolute atomic E-state index is 9.55. The molecule has 2 rings (SSSR count). The zero-order valence-corrected chi connectivity index (χ0v) is 13.1. The van der Waals surface area contributed by atoms with E-state index < -0.39 is 5.54 Å². The van der Waals surface area contributed by atoms with Crippen LogP contribution in [-0.4, -0.2) is 17.0 Å². The minimum Gasteiger partial charge on any atom is -0.367 e. The van der Waals surface area contributed by atoms with Gasteiger partial charge in [0.2, 0.25) is 0 Å². The lowest BCUT2D eigenvalue weighted by molar-refractivity contribution is 0.324. The van der Waals surface area contributed by atoms with Gasteiger partial charge in [0.25, 0.3) is 0 Å². The summed E-state index contributed by atoms with van der Waals surface area (Å²) in [6.07, 6.45) is 0.888. The lowest BCUT2D eigenvalue weighted by Crippen LogP contribution is -2.47. The minimum atomic E-state index is -0.444. The molecule has 1 saturated heterocycles. The second kappa shape index (κ2) is 5.14. The van der Waals surface area contributed by atoms with E-state index in [0.29, 0.717) is 0 Å². The molecule has 1 aromatic rings. The quantitative estimate of drug-likeness (QED) is 0.881. The average Bonchev–Trinajstić information content (AvgIpc) is 2.31. The van der Waals surface area contributed by atoms with Gasteiger partial charge in [0, 0.05) is 15.9 Å². The molecule has 0 amide bonds. The Kier molecular flexibility index (Phi) is 3.93. The normalized spacial score (nSPS) is 26.3. The molecule has 0 bridgehead atoms. The van der Waals surface area contributed by atoms with E-state index in [1.165, 1.54) is 0 Å². The number of hydrogen-bond acceptors (Lipinski definition) is 3. The zero-order valence-electron chi connectivity index (χ0n) is 10.7. The van der Waals surface area contributed by atoms with Crippen LogP contribution in [0.3, 0.4) is 0 Å². The van der Waals surface area contributed by atoms with Crippen LogP contribution in [-0.2, 0) is 0 Å². The maximum Gasteiger partial charge on any atom is 0.135 e. The van der Waals surface area contributed by atoms with Crippen molar-refractivity contribution in [3.05, 3.63) is 28.7 Å². The lowest BCUT2D eigenvalue weighted by Gasteiger charge is -2.41. The third-order valence-electron chi connectivity index (χ3n) is 3.06. The molecular weight excluding hydrogens is 308 g/mol. The molecule has 1 heterocycles. The SMILES string of the molecule is CC1(C)CSCC(C#N)(Nc2ccc(Br)cc2)C1. The molecule has 96 valence electrons. The van der Waals surface area contributed by atoms with Gasteiger partial charge in [-0.05, 0) is 41.9 Å². The Morgan fingerprint density at radius 3 is 2.50 bits per heavy atom. The van der Waals surface area contributed by atoms with E-state index in [-0.39, 0.29) is 5.41 Å². The summed E-state index contributed by atoms with van der Waals surface area (Å²) in [5.74, 6) is 1.97. The number of hydrogen-bond donors (Lipinski definition) is 1. The molecule has 1 N–H and O–H groups in total. The van der Waals surface area contributed by atoms with Crippen molar-refractivity contribution < 1.29 is 0 Å². The topological polar surface area (TPSA) is 35.8 Å². The summed E-state index contributed by atoms with van der Waals surface area (Å²) in [4.78, 5) is 0. The van der Waals surface area contributed by atoms with Crippen LogP contribution in [0.25, 0.3) is 0 Å². The van der Waals surface area contributed by atoms with Crippen molar-refractivity contribution in [2.75, 3.05) is 16.8 Å². The van der Waals surface area contributed by atoms with Crippen molar-refractivity contribution in [3.63, 3.8) is 0 Å². The van der Waals surface area contributed by atoms with E-state index in [0.717, 1.165) is 28.1 Å². The van der Waals surface area contributed by atoms with E-state index in [4.69, 9.17) is 0 Å². The first-order valence-corrected chi connectivity index (χ1v) is 7.92. The van der Waals surface area contributed by atoms with Crippen molar-refractivity contribution in [2.24, 2.45) is 5.41 Å². The van der Waals surface area contributed by atoms with Crippen molar-refractivity contribution >= 4 is 33.4 Å². The van der Waals surface area contributed by atoms with Crippen molar-refractivity contribution in [3.8, 4) is 6.07 Å². The first-order chi connectivity index (χ1) is 8.45. The van der Waals surface area contributed by atoms with Crippen LogP contribution in [0.2, 0.25) is 0 Å².